The number of amides is 1. The lowest BCUT2D eigenvalue weighted by Gasteiger charge is -2.28. The fourth-order valence-electron chi connectivity index (χ4n) is 3.83. The summed E-state index contributed by atoms with van der Waals surface area (Å²) < 4.78 is 1.88. The van der Waals surface area contributed by atoms with Crippen LogP contribution in [0.15, 0.2) is 72.1 Å². The number of pyridine rings is 1. The Balaban J connectivity index is 1.41. The van der Waals surface area contributed by atoms with Gasteiger partial charge in [-0.25, -0.2) is 0 Å². The molecule has 0 radical (unpaired) electrons. The van der Waals surface area contributed by atoms with Gasteiger partial charge in [-0.2, -0.15) is 0 Å². The molecule has 33 heavy (non-hydrogen) atoms. The number of halogens is 2. The molecule has 1 aliphatic rings. The van der Waals surface area contributed by atoms with Crippen molar-refractivity contribution in [3.05, 3.63) is 88.2 Å². The zero-order valence-electron chi connectivity index (χ0n) is 17.5. The second kappa shape index (κ2) is 9.55. The summed E-state index contributed by atoms with van der Waals surface area (Å²) in [5.41, 5.74) is 4.09. The van der Waals surface area contributed by atoms with Gasteiger partial charge in [0.1, 0.15) is 0 Å². The molecule has 0 bridgehead atoms. The van der Waals surface area contributed by atoms with Crippen LogP contribution in [0, 0.1) is 0 Å². The van der Waals surface area contributed by atoms with Gasteiger partial charge in [-0.15, -0.1) is 10.2 Å². The molecule has 0 saturated carbocycles. The van der Waals surface area contributed by atoms with E-state index in [2.05, 4.69) is 27.3 Å². The maximum Gasteiger partial charge on any atom is 0.233 e. The molecular formula is C24H19Cl2N5OS. The first-order chi connectivity index (χ1) is 16.1. The first-order valence-corrected chi connectivity index (χ1v) is 12.1. The number of carbonyl (C=O) groups excluding carboxylic acids is 1. The molecule has 1 amide bonds. The lowest BCUT2D eigenvalue weighted by molar-refractivity contribution is -0.129. The van der Waals surface area contributed by atoms with E-state index < -0.39 is 0 Å². The summed E-state index contributed by atoms with van der Waals surface area (Å²) in [4.78, 5) is 19.1. The number of benzene rings is 2. The van der Waals surface area contributed by atoms with Gasteiger partial charge in [0.15, 0.2) is 11.0 Å². The number of rotatable bonds is 5. The number of fused-ring (bicyclic) bond motifs is 1. The third-order valence-corrected chi connectivity index (χ3v) is 7.18. The molecule has 0 saturated heterocycles. The molecule has 166 valence electrons. The predicted octanol–water partition coefficient (Wildman–Crippen LogP) is 5.31. The van der Waals surface area contributed by atoms with Gasteiger partial charge in [0.05, 0.1) is 21.5 Å². The van der Waals surface area contributed by atoms with Crippen molar-refractivity contribution in [1.82, 2.24) is 24.6 Å². The minimum atomic E-state index is 0.0705. The number of carbonyl (C=O) groups is 1. The van der Waals surface area contributed by atoms with Gasteiger partial charge in [-0.3, -0.25) is 14.3 Å². The van der Waals surface area contributed by atoms with Gasteiger partial charge in [0.2, 0.25) is 5.91 Å². The molecule has 4 aromatic rings. The molecule has 6 nitrogen and oxygen atoms in total. The van der Waals surface area contributed by atoms with E-state index in [9.17, 15) is 4.79 Å². The molecule has 2 aromatic heterocycles. The summed E-state index contributed by atoms with van der Waals surface area (Å²) >= 11 is 13.8. The van der Waals surface area contributed by atoms with Crippen LogP contribution in [0.1, 0.15) is 11.1 Å². The Bertz CT molecular complexity index is 1310. The van der Waals surface area contributed by atoms with Crippen LogP contribution in [0.25, 0.3) is 17.1 Å². The first kappa shape index (κ1) is 21.9. The highest BCUT2D eigenvalue weighted by Crippen LogP contribution is 2.31. The van der Waals surface area contributed by atoms with Gasteiger partial charge in [-0.05, 0) is 47.9 Å². The lowest BCUT2D eigenvalue weighted by Crippen LogP contribution is -2.37. The number of thioether (sulfide) groups is 1. The fourth-order valence-corrected chi connectivity index (χ4v) is 4.98. The molecule has 0 atom stereocenters. The minimum absolute atomic E-state index is 0.0705. The monoisotopic (exact) mass is 495 g/mol. The molecule has 0 spiro atoms. The van der Waals surface area contributed by atoms with Gasteiger partial charge in [-0.1, -0.05) is 59.2 Å². The predicted molar refractivity (Wildman–Crippen MR) is 131 cm³/mol. The van der Waals surface area contributed by atoms with Gasteiger partial charge < -0.3 is 4.90 Å². The molecule has 0 aliphatic carbocycles. The lowest BCUT2D eigenvalue weighted by atomic mass is 10.00. The van der Waals surface area contributed by atoms with E-state index in [1.54, 1.807) is 24.5 Å². The van der Waals surface area contributed by atoms with Crippen LogP contribution in [0.4, 0.5) is 0 Å². The van der Waals surface area contributed by atoms with Gasteiger partial charge in [0, 0.05) is 31.0 Å². The molecule has 5 rings (SSSR count). The van der Waals surface area contributed by atoms with Crippen LogP contribution in [0.5, 0.6) is 0 Å². The topological polar surface area (TPSA) is 63.9 Å². The van der Waals surface area contributed by atoms with E-state index in [1.165, 1.54) is 22.9 Å². The number of nitrogens with zero attached hydrogens (tertiary/aromatic N) is 5. The Morgan fingerprint density at radius 1 is 1.00 bits per heavy atom. The Morgan fingerprint density at radius 3 is 2.64 bits per heavy atom. The van der Waals surface area contributed by atoms with Crippen LogP contribution >= 0.6 is 35.0 Å². The maximum atomic E-state index is 13.0. The van der Waals surface area contributed by atoms with Crippen molar-refractivity contribution >= 4 is 40.9 Å². The fraction of sp³-hybridized carbons (Fsp3) is 0.167. The number of hydrogen-bond donors (Lipinski definition) is 0. The van der Waals surface area contributed by atoms with E-state index in [0.29, 0.717) is 27.6 Å². The minimum Gasteiger partial charge on any atom is -0.337 e. The SMILES string of the molecule is O=C(CSc1nnc(-c2cccnc2)n1-c1ccc(Cl)c(Cl)c1)N1CCc2ccccc2C1. The van der Waals surface area contributed by atoms with Crippen molar-refractivity contribution in [1.29, 1.82) is 0 Å². The van der Waals surface area contributed by atoms with Crippen LogP contribution < -0.4 is 0 Å². The van der Waals surface area contributed by atoms with Crippen molar-refractivity contribution in [2.45, 2.75) is 18.1 Å². The van der Waals surface area contributed by atoms with E-state index in [1.807, 2.05) is 39.8 Å². The standard InChI is InChI=1S/C24H19Cl2N5OS/c25-20-8-7-19(12-21(20)26)31-23(17-6-3-10-27-13-17)28-29-24(31)33-15-22(32)30-11-9-16-4-1-2-5-18(16)14-30/h1-8,10,12-13H,9,11,14-15H2. The first-order valence-electron chi connectivity index (χ1n) is 10.4. The average Bonchev–Trinajstić information content (AvgIpc) is 3.28. The van der Waals surface area contributed by atoms with E-state index in [-0.39, 0.29) is 11.7 Å². The molecule has 1 aliphatic heterocycles. The summed E-state index contributed by atoms with van der Waals surface area (Å²) in [6, 6.07) is 17.4. The largest absolute Gasteiger partial charge is 0.337 e. The quantitative estimate of drug-likeness (QED) is 0.351. The molecule has 0 N–H and O–H groups in total. The van der Waals surface area contributed by atoms with Gasteiger partial charge >= 0.3 is 0 Å². The molecule has 0 unspecified atom stereocenters. The Labute approximate surface area is 205 Å². The maximum absolute atomic E-state index is 13.0. The van der Waals surface area contributed by atoms with Crippen LogP contribution in [0.3, 0.4) is 0 Å². The zero-order chi connectivity index (χ0) is 22.8. The van der Waals surface area contributed by atoms with Crippen molar-refractivity contribution in [3.63, 3.8) is 0 Å². The molecule has 0 fully saturated rings. The smallest absolute Gasteiger partial charge is 0.233 e. The summed E-state index contributed by atoms with van der Waals surface area (Å²) in [6.45, 7) is 1.35. The molecule has 9 heteroatoms. The van der Waals surface area contributed by atoms with E-state index in [4.69, 9.17) is 23.2 Å². The van der Waals surface area contributed by atoms with Crippen molar-refractivity contribution in [2.75, 3.05) is 12.3 Å². The molecule has 3 heterocycles. The Kier molecular flexibility index (Phi) is 6.35. The number of aromatic nitrogens is 4. The average molecular weight is 496 g/mol. The van der Waals surface area contributed by atoms with Crippen molar-refractivity contribution < 1.29 is 4.79 Å². The zero-order valence-corrected chi connectivity index (χ0v) is 19.8. The van der Waals surface area contributed by atoms with Crippen molar-refractivity contribution in [2.24, 2.45) is 0 Å². The highest BCUT2D eigenvalue weighted by atomic mass is 35.5. The third-order valence-electron chi connectivity index (χ3n) is 5.52. The Morgan fingerprint density at radius 2 is 1.85 bits per heavy atom. The molecule has 2 aromatic carbocycles. The normalized spacial score (nSPS) is 13.1. The van der Waals surface area contributed by atoms with E-state index in [0.717, 1.165) is 24.2 Å². The third kappa shape index (κ3) is 4.62. The second-order valence-electron chi connectivity index (χ2n) is 7.60. The number of hydrogen-bond acceptors (Lipinski definition) is 5. The summed E-state index contributed by atoms with van der Waals surface area (Å²) in [5, 5.41) is 10.3. The van der Waals surface area contributed by atoms with Crippen molar-refractivity contribution in [3.8, 4) is 17.1 Å². The van der Waals surface area contributed by atoms with Gasteiger partial charge in [0.25, 0.3) is 0 Å². The molecular weight excluding hydrogens is 477 g/mol. The second-order valence-corrected chi connectivity index (χ2v) is 9.36. The van der Waals surface area contributed by atoms with Crippen LogP contribution in [-0.4, -0.2) is 42.9 Å². The highest BCUT2D eigenvalue weighted by Gasteiger charge is 2.23. The summed E-state index contributed by atoms with van der Waals surface area (Å²) in [6.07, 6.45) is 4.30. The highest BCUT2D eigenvalue weighted by molar-refractivity contribution is 7.99. The summed E-state index contributed by atoms with van der Waals surface area (Å²) in [7, 11) is 0. The van der Waals surface area contributed by atoms with Crippen LogP contribution in [0.2, 0.25) is 10.0 Å². The Hall–Kier alpha value is -2.87. The van der Waals surface area contributed by atoms with Crippen LogP contribution in [-0.2, 0) is 17.8 Å². The van der Waals surface area contributed by atoms with E-state index >= 15 is 0 Å². The summed E-state index contributed by atoms with van der Waals surface area (Å²) in [5.74, 6) is 0.943.